The third kappa shape index (κ3) is 3.61. The zero-order valence-corrected chi connectivity index (χ0v) is 10.4. The van der Waals surface area contributed by atoms with Gasteiger partial charge in [0.1, 0.15) is 0 Å². The fourth-order valence-electron chi connectivity index (χ4n) is 1.44. The summed E-state index contributed by atoms with van der Waals surface area (Å²) in [4.78, 5) is 9.88. The first kappa shape index (κ1) is 16.2. The van der Waals surface area contributed by atoms with E-state index in [1.807, 2.05) is 0 Å². The molecule has 6 nitrogen and oxygen atoms in total. The predicted molar refractivity (Wildman–Crippen MR) is 70.0 cm³/mol. The summed E-state index contributed by atoms with van der Waals surface area (Å²) in [5.41, 5.74) is 5.67. The number of phenolic OH excluding ortho intramolecular Hbond substituents is 2. The Hall–Kier alpha value is -1.79. The van der Waals surface area contributed by atoms with E-state index < -0.39 is 28.2 Å². The van der Waals surface area contributed by atoms with Crippen molar-refractivity contribution in [3.63, 3.8) is 0 Å². The number of nitro groups is 1. The zero-order valence-electron chi connectivity index (χ0n) is 9.57. The Bertz CT molecular complexity index is 451. The van der Waals surface area contributed by atoms with Gasteiger partial charge in [-0.3, -0.25) is 10.1 Å². The van der Waals surface area contributed by atoms with Crippen LogP contribution in [0, 0.1) is 10.1 Å². The number of rotatable bonds is 5. The van der Waals surface area contributed by atoms with Crippen molar-refractivity contribution in [3.8, 4) is 11.5 Å². The maximum Gasteiger partial charge on any atom is 0.314 e. The summed E-state index contributed by atoms with van der Waals surface area (Å²) >= 11 is 0. The molecular weight excluding hydrogens is 260 g/mol. The molecule has 0 heterocycles. The molecule has 1 aromatic carbocycles. The smallest absolute Gasteiger partial charge is 0.314 e. The standard InChI is InChI=1S/C11H14N2O4.ClH/c1-2-3-4-8(12)7-5-9(13(16)17)11(15)10(14)6-7;/h2,5-6,8,14-15H,1,3-4,12H2;1H/t8-;/m1./s1. The molecule has 0 saturated heterocycles. The lowest BCUT2D eigenvalue weighted by Gasteiger charge is -2.11. The number of allylic oxidation sites excluding steroid dienone is 1. The topological polar surface area (TPSA) is 110 Å². The van der Waals surface area contributed by atoms with Crippen molar-refractivity contribution in [2.45, 2.75) is 18.9 Å². The van der Waals surface area contributed by atoms with E-state index in [1.54, 1.807) is 6.08 Å². The highest BCUT2D eigenvalue weighted by Crippen LogP contribution is 2.37. The van der Waals surface area contributed by atoms with Gasteiger partial charge in [0.15, 0.2) is 5.75 Å². The number of nitrogens with two attached hydrogens (primary N) is 1. The zero-order chi connectivity index (χ0) is 13.0. The molecular formula is C11H15ClN2O4. The third-order valence-corrected chi connectivity index (χ3v) is 2.40. The number of hydrogen-bond acceptors (Lipinski definition) is 5. The van der Waals surface area contributed by atoms with Crippen LogP contribution in [-0.4, -0.2) is 15.1 Å². The van der Waals surface area contributed by atoms with E-state index in [0.717, 1.165) is 0 Å². The van der Waals surface area contributed by atoms with Crippen LogP contribution in [0.15, 0.2) is 24.8 Å². The minimum Gasteiger partial charge on any atom is -0.504 e. The lowest BCUT2D eigenvalue weighted by molar-refractivity contribution is -0.386. The highest BCUT2D eigenvalue weighted by molar-refractivity contribution is 5.85. The number of benzene rings is 1. The van der Waals surface area contributed by atoms with Crippen LogP contribution in [0.1, 0.15) is 24.4 Å². The second kappa shape index (κ2) is 6.83. The Morgan fingerprint density at radius 2 is 2.11 bits per heavy atom. The first-order chi connectivity index (χ1) is 7.97. The van der Waals surface area contributed by atoms with E-state index in [-0.39, 0.29) is 12.4 Å². The van der Waals surface area contributed by atoms with Gasteiger partial charge in [-0.1, -0.05) is 6.08 Å². The fourth-order valence-corrected chi connectivity index (χ4v) is 1.44. The van der Waals surface area contributed by atoms with E-state index in [0.29, 0.717) is 18.4 Å². The van der Waals surface area contributed by atoms with Gasteiger partial charge in [-0.05, 0) is 24.5 Å². The highest BCUT2D eigenvalue weighted by atomic mass is 35.5. The Labute approximate surface area is 110 Å². The average Bonchev–Trinajstić information content (AvgIpc) is 2.28. The van der Waals surface area contributed by atoms with Crippen LogP contribution in [0.25, 0.3) is 0 Å². The van der Waals surface area contributed by atoms with Gasteiger partial charge in [0.25, 0.3) is 0 Å². The molecule has 7 heteroatoms. The Morgan fingerprint density at radius 3 is 2.61 bits per heavy atom. The van der Waals surface area contributed by atoms with Gasteiger partial charge in [0.05, 0.1) is 4.92 Å². The molecule has 0 fully saturated rings. The summed E-state index contributed by atoms with van der Waals surface area (Å²) in [7, 11) is 0. The normalized spacial score (nSPS) is 11.4. The monoisotopic (exact) mass is 274 g/mol. The number of halogens is 1. The quantitative estimate of drug-likeness (QED) is 0.330. The summed E-state index contributed by atoms with van der Waals surface area (Å²) < 4.78 is 0. The van der Waals surface area contributed by atoms with Crippen molar-refractivity contribution in [1.29, 1.82) is 0 Å². The van der Waals surface area contributed by atoms with Gasteiger partial charge in [-0.25, -0.2) is 0 Å². The summed E-state index contributed by atoms with van der Waals surface area (Å²) in [6, 6.07) is 1.96. The van der Waals surface area contributed by atoms with Gasteiger partial charge in [0, 0.05) is 12.1 Å². The Balaban J connectivity index is 0.00000289. The lowest BCUT2D eigenvalue weighted by atomic mass is 10.0. The fraction of sp³-hybridized carbons (Fsp3) is 0.273. The van der Waals surface area contributed by atoms with Gasteiger partial charge in [-0.15, -0.1) is 19.0 Å². The van der Waals surface area contributed by atoms with Crippen molar-refractivity contribution < 1.29 is 15.1 Å². The van der Waals surface area contributed by atoms with Crippen molar-refractivity contribution >= 4 is 18.1 Å². The second-order valence-corrected chi connectivity index (χ2v) is 3.64. The molecule has 1 aromatic rings. The van der Waals surface area contributed by atoms with Crippen LogP contribution in [-0.2, 0) is 0 Å². The molecule has 0 aliphatic carbocycles. The van der Waals surface area contributed by atoms with Crippen LogP contribution in [0.4, 0.5) is 5.69 Å². The molecule has 0 bridgehead atoms. The van der Waals surface area contributed by atoms with Crippen molar-refractivity contribution in [1.82, 2.24) is 0 Å². The van der Waals surface area contributed by atoms with Crippen LogP contribution in [0.3, 0.4) is 0 Å². The van der Waals surface area contributed by atoms with E-state index >= 15 is 0 Å². The molecule has 0 spiro atoms. The summed E-state index contributed by atoms with van der Waals surface area (Å²) in [5, 5.41) is 29.3. The summed E-state index contributed by atoms with van der Waals surface area (Å²) in [6.07, 6.45) is 2.91. The molecule has 1 rings (SSSR count). The molecule has 4 N–H and O–H groups in total. The molecule has 100 valence electrons. The molecule has 0 aliphatic rings. The number of nitro benzene ring substituents is 1. The van der Waals surface area contributed by atoms with Gasteiger partial charge in [0.2, 0.25) is 5.75 Å². The first-order valence-corrected chi connectivity index (χ1v) is 5.04. The van der Waals surface area contributed by atoms with Crippen LogP contribution >= 0.6 is 12.4 Å². The largest absolute Gasteiger partial charge is 0.504 e. The average molecular weight is 275 g/mol. The van der Waals surface area contributed by atoms with E-state index in [9.17, 15) is 20.3 Å². The minimum atomic E-state index is -0.765. The molecule has 1 atom stereocenters. The van der Waals surface area contributed by atoms with Crippen molar-refractivity contribution in [3.05, 3.63) is 40.5 Å². The van der Waals surface area contributed by atoms with Gasteiger partial charge in [-0.2, -0.15) is 0 Å². The van der Waals surface area contributed by atoms with E-state index in [1.165, 1.54) is 12.1 Å². The van der Waals surface area contributed by atoms with E-state index in [4.69, 9.17) is 5.73 Å². The van der Waals surface area contributed by atoms with Crippen LogP contribution in [0.2, 0.25) is 0 Å². The molecule has 0 unspecified atom stereocenters. The predicted octanol–water partition coefficient (Wildman–Crippen LogP) is 2.39. The number of aromatic hydroxyl groups is 2. The Kier molecular flexibility index (Phi) is 6.15. The second-order valence-electron chi connectivity index (χ2n) is 3.64. The number of hydrogen-bond donors (Lipinski definition) is 3. The van der Waals surface area contributed by atoms with Crippen molar-refractivity contribution in [2.24, 2.45) is 5.73 Å². The first-order valence-electron chi connectivity index (χ1n) is 5.04. The lowest BCUT2D eigenvalue weighted by Crippen LogP contribution is -2.10. The van der Waals surface area contributed by atoms with Gasteiger partial charge >= 0.3 is 5.69 Å². The molecule has 0 aromatic heterocycles. The van der Waals surface area contributed by atoms with Crippen LogP contribution < -0.4 is 5.73 Å². The third-order valence-electron chi connectivity index (χ3n) is 2.40. The molecule has 18 heavy (non-hydrogen) atoms. The summed E-state index contributed by atoms with van der Waals surface area (Å²) in [6.45, 7) is 3.55. The summed E-state index contributed by atoms with van der Waals surface area (Å²) in [5.74, 6) is -1.28. The maximum atomic E-state index is 10.6. The van der Waals surface area contributed by atoms with Crippen LogP contribution in [0.5, 0.6) is 11.5 Å². The van der Waals surface area contributed by atoms with Gasteiger partial charge < -0.3 is 15.9 Å². The Morgan fingerprint density at radius 1 is 1.50 bits per heavy atom. The maximum absolute atomic E-state index is 10.6. The minimum absolute atomic E-state index is 0. The number of phenols is 2. The van der Waals surface area contributed by atoms with Crippen molar-refractivity contribution in [2.75, 3.05) is 0 Å². The molecule has 0 radical (unpaired) electrons. The molecule has 0 saturated carbocycles. The SMILES string of the molecule is C=CCC[C@@H](N)c1cc(O)c(O)c([N+](=O)[O-])c1.Cl. The number of nitrogens with zero attached hydrogens (tertiary/aromatic N) is 1. The molecule has 0 amide bonds. The highest BCUT2D eigenvalue weighted by Gasteiger charge is 2.20. The molecule has 0 aliphatic heterocycles. The van der Waals surface area contributed by atoms with E-state index in [2.05, 4.69) is 6.58 Å².